The number of ether oxygens (including phenoxy) is 2. The molecule has 0 aliphatic carbocycles. The molecule has 1 rings (SSSR count). The predicted octanol–water partition coefficient (Wildman–Crippen LogP) is 2.52. The Balaban J connectivity index is 2.53. The Hall–Kier alpha value is -1.80. The van der Waals surface area contributed by atoms with Crippen LogP contribution in [0.4, 0.5) is 4.79 Å². The van der Waals surface area contributed by atoms with Crippen molar-refractivity contribution < 1.29 is 24.2 Å². The fourth-order valence-corrected chi connectivity index (χ4v) is 2.48. The summed E-state index contributed by atoms with van der Waals surface area (Å²) in [5.74, 6) is 0.561. The zero-order valence-electron chi connectivity index (χ0n) is 14.5. The summed E-state index contributed by atoms with van der Waals surface area (Å²) >= 11 is 3.40. The normalized spacial score (nSPS) is 11.5. The molecule has 1 unspecified atom stereocenters. The zero-order valence-corrected chi connectivity index (χ0v) is 16.1. The van der Waals surface area contributed by atoms with Crippen molar-refractivity contribution in [2.75, 3.05) is 26.9 Å². The molecule has 1 aromatic carbocycles. The molecule has 0 aliphatic heterocycles. The Morgan fingerprint density at radius 1 is 1.32 bits per heavy atom. The Bertz CT molecular complexity index is 568. The van der Waals surface area contributed by atoms with Gasteiger partial charge in [-0.15, -0.1) is 0 Å². The second-order valence-electron chi connectivity index (χ2n) is 5.42. The summed E-state index contributed by atoms with van der Waals surface area (Å²) in [7, 11) is 1.29. The molecule has 7 nitrogen and oxygen atoms in total. The molecule has 0 aromatic heterocycles. The first-order valence-electron chi connectivity index (χ1n) is 8.12. The summed E-state index contributed by atoms with van der Waals surface area (Å²) in [6.07, 6.45) is 0.854. The topological polar surface area (TPSA) is 96.9 Å². The minimum Gasteiger partial charge on any atom is -0.493 e. The third kappa shape index (κ3) is 8.22. The second kappa shape index (κ2) is 11.7. The van der Waals surface area contributed by atoms with Gasteiger partial charge in [0.05, 0.1) is 19.8 Å². The van der Waals surface area contributed by atoms with Crippen molar-refractivity contribution in [1.82, 2.24) is 10.6 Å². The van der Waals surface area contributed by atoms with Crippen LogP contribution in [0.2, 0.25) is 0 Å². The van der Waals surface area contributed by atoms with E-state index in [1.807, 2.05) is 25.1 Å². The molecular formula is C17H25BrN2O5. The number of hydrogen-bond donors (Lipinski definition) is 3. The van der Waals surface area contributed by atoms with Gasteiger partial charge < -0.3 is 25.2 Å². The summed E-state index contributed by atoms with van der Waals surface area (Å²) in [6, 6.07) is 5.40. The van der Waals surface area contributed by atoms with Gasteiger partial charge in [0.25, 0.3) is 0 Å². The summed E-state index contributed by atoms with van der Waals surface area (Å²) in [6.45, 7) is 2.73. The van der Waals surface area contributed by atoms with E-state index in [2.05, 4.69) is 31.3 Å². The molecule has 0 fully saturated rings. The van der Waals surface area contributed by atoms with Crippen molar-refractivity contribution in [3.8, 4) is 5.75 Å². The van der Waals surface area contributed by atoms with Gasteiger partial charge in [0.15, 0.2) is 0 Å². The lowest BCUT2D eigenvalue weighted by atomic mass is 10.1. The number of carbonyl (C=O) groups is 2. The van der Waals surface area contributed by atoms with Crippen LogP contribution in [0.25, 0.3) is 0 Å². The molecule has 25 heavy (non-hydrogen) atoms. The number of amides is 2. The van der Waals surface area contributed by atoms with Crippen LogP contribution < -0.4 is 15.4 Å². The molecule has 0 bridgehead atoms. The highest BCUT2D eigenvalue weighted by Gasteiger charge is 2.15. The van der Waals surface area contributed by atoms with Gasteiger partial charge in [0.2, 0.25) is 5.91 Å². The summed E-state index contributed by atoms with van der Waals surface area (Å²) in [5.41, 5.74) is 0.863. The maximum absolute atomic E-state index is 12.0. The first kappa shape index (κ1) is 21.2. The molecule has 140 valence electrons. The third-order valence-electron chi connectivity index (χ3n) is 3.41. The Labute approximate surface area is 156 Å². The predicted molar refractivity (Wildman–Crippen MR) is 97.5 cm³/mol. The minimum atomic E-state index is -0.506. The van der Waals surface area contributed by atoms with E-state index in [4.69, 9.17) is 9.84 Å². The average molecular weight is 417 g/mol. The standard InChI is InChI=1S/C17H25BrN2O5/c1-12(20-16(22)5-3-8-19-17(23)24-2)14-7-6-13(18)11-15(14)25-10-4-9-21/h6-7,11-12,21H,3-5,8-10H2,1-2H3,(H,19,23)(H,20,22). The van der Waals surface area contributed by atoms with Crippen LogP contribution in [0.3, 0.4) is 0 Å². The monoisotopic (exact) mass is 416 g/mol. The maximum atomic E-state index is 12.0. The fraction of sp³-hybridized carbons (Fsp3) is 0.529. The van der Waals surface area contributed by atoms with Crippen molar-refractivity contribution in [2.24, 2.45) is 0 Å². The number of carbonyl (C=O) groups excluding carboxylic acids is 2. The van der Waals surface area contributed by atoms with Crippen LogP contribution >= 0.6 is 15.9 Å². The van der Waals surface area contributed by atoms with Crippen molar-refractivity contribution >= 4 is 27.9 Å². The van der Waals surface area contributed by atoms with Crippen LogP contribution in [0.5, 0.6) is 5.75 Å². The number of aliphatic hydroxyl groups excluding tert-OH is 1. The van der Waals surface area contributed by atoms with Crippen LogP contribution in [0, 0.1) is 0 Å². The zero-order chi connectivity index (χ0) is 18.7. The quantitative estimate of drug-likeness (QED) is 0.509. The van der Waals surface area contributed by atoms with Crippen LogP contribution in [0.1, 0.15) is 37.8 Å². The number of rotatable bonds is 10. The number of nitrogens with one attached hydrogen (secondary N) is 2. The molecule has 1 atom stereocenters. The van der Waals surface area contributed by atoms with E-state index < -0.39 is 6.09 Å². The number of aliphatic hydroxyl groups is 1. The summed E-state index contributed by atoms with van der Waals surface area (Å²) in [5, 5.41) is 14.3. The van der Waals surface area contributed by atoms with Crippen LogP contribution in [-0.4, -0.2) is 44.0 Å². The van der Waals surface area contributed by atoms with Gasteiger partial charge in [-0.1, -0.05) is 22.0 Å². The Morgan fingerprint density at radius 2 is 2.08 bits per heavy atom. The highest BCUT2D eigenvalue weighted by molar-refractivity contribution is 9.10. The van der Waals surface area contributed by atoms with Gasteiger partial charge in [0.1, 0.15) is 5.75 Å². The molecule has 0 heterocycles. The molecule has 8 heteroatoms. The number of halogens is 1. The van der Waals surface area contributed by atoms with Crippen LogP contribution in [-0.2, 0) is 9.53 Å². The maximum Gasteiger partial charge on any atom is 0.406 e. The molecule has 0 spiro atoms. The lowest BCUT2D eigenvalue weighted by molar-refractivity contribution is -0.121. The van der Waals surface area contributed by atoms with E-state index in [1.54, 1.807) is 0 Å². The Kier molecular flexibility index (Phi) is 9.94. The molecule has 2 amide bonds. The van der Waals surface area contributed by atoms with Crippen molar-refractivity contribution in [3.05, 3.63) is 28.2 Å². The number of methoxy groups -OCH3 is 1. The van der Waals surface area contributed by atoms with Gasteiger partial charge in [-0.25, -0.2) is 4.79 Å². The highest BCUT2D eigenvalue weighted by atomic mass is 79.9. The number of hydrogen-bond acceptors (Lipinski definition) is 5. The third-order valence-corrected chi connectivity index (χ3v) is 3.91. The average Bonchev–Trinajstić information content (AvgIpc) is 2.58. The summed E-state index contributed by atoms with van der Waals surface area (Å²) in [4.78, 5) is 23.0. The highest BCUT2D eigenvalue weighted by Crippen LogP contribution is 2.29. The number of alkyl carbamates (subject to hydrolysis) is 1. The van der Waals surface area contributed by atoms with E-state index in [0.717, 1.165) is 10.0 Å². The first-order valence-corrected chi connectivity index (χ1v) is 8.91. The molecule has 0 saturated heterocycles. The van der Waals surface area contributed by atoms with Crippen LogP contribution in [0.15, 0.2) is 22.7 Å². The van der Waals surface area contributed by atoms with Gasteiger partial charge >= 0.3 is 6.09 Å². The molecule has 0 saturated carbocycles. The lowest BCUT2D eigenvalue weighted by Gasteiger charge is -2.19. The van der Waals surface area contributed by atoms with Gasteiger partial charge in [-0.3, -0.25) is 4.79 Å². The molecule has 0 radical (unpaired) electrons. The summed E-state index contributed by atoms with van der Waals surface area (Å²) < 4.78 is 11.0. The van der Waals surface area contributed by atoms with Gasteiger partial charge in [0, 0.05) is 36.0 Å². The number of benzene rings is 1. The van der Waals surface area contributed by atoms with E-state index >= 15 is 0 Å². The smallest absolute Gasteiger partial charge is 0.406 e. The SMILES string of the molecule is COC(=O)NCCCC(=O)NC(C)c1ccc(Br)cc1OCCCO. The van der Waals surface area contributed by atoms with Crippen molar-refractivity contribution in [3.63, 3.8) is 0 Å². The molecule has 1 aromatic rings. The van der Waals surface area contributed by atoms with Crippen molar-refractivity contribution in [2.45, 2.75) is 32.2 Å². The lowest BCUT2D eigenvalue weighted by Crippen LogP contribution is -2.29. The van der Waals surface area contributed by atoms with E-state index in [0.29, 0.717) is 38.2 Å². The fourth-order valence-electron chi connectivity index (χ4n) is 2.14. The molecule has 3 N–H and O–H groups in total. The molecular weight excluding hydrogens is 392 g/mol. The van der Waals surface area contributed by atoms with E-state index in [-0.39, 0.29) is 18.6 Å². The largest absolute Gasteiger partial charge is 0.493 e. The first-order chi connectivity index (χ1) is 12.0. The van der Waals surface area contributed by atoms with E-state index in [1.165, 1.54) is 7.11 Å². The van der Waals surface area contributed by atoms with Crippen molar-refractivity contribution in [1.29, 1.82) is 0 Å². The minimum absolute atomic E-state index is 0.0647. The van der Waals surface area contributed by atoms with Gasteiger partial charge in [-0.05, 0) is 25.5 Å². The Morgan fingerprint density at radius 3 is 2.76 bits per heavy atom. The van der Waals surface area contributed by atoms with E-state index in [9.17, 15) is 9.59 Å². The van der Waals surface area contributed by atoms with Gasteiger partial charge in [-0.2, -0.15) is 0 Å². The molecule has 0 aliphatic rings. The second-order valence-corrected chi connectivity index (χ2v) is 6.33.